The number of carbonyl (C=O) groups excluding carboxylic acids is 1. The molecule has 0 unspecified atom stereocenters. The minimum atomic E-state index is -0.220. The summed E-state index contributed by atoms with van der Waals surface area (Å²) in [7, 11) is 0. The molecule has 2 rings (SSSR count). The van der Waals surface area contributed by atoms with Crippen molar-refractivity contribution in [3.63, 3.8) is 0 Å². The van der Waals surface area contributed by atoms with E-state index in [-0.39, 0.29) is 5.91 Å². The van der Waals surface area contributed by atoms with Crippen molar-refractivity contribution < 1.29 is 4.79 Å². The fourth-order valence-corrected chi connectivity index (χ4v) is 3.51. The Hall–Kier alpha value is -1.40. The highest BCUT2D eigenvalue weighted by molar-refractivity contribution is 7.80. The summed E-state index contributed by atoms with van der Waals surface area (Å²) in [5.41, 5.74) is 5.35. The van der Waals surface area contributed by atoms with Crippen molar-refractivity contribution in [2.45, 2.75) is 39.2 Å². The van der Waals surface area contributed by atoms with Gasteiger partial charge >= 0.3 is 0 Å². The molecule has 1 aliphatic rings. The Bertz CT molecular complexity index is 528. The van der Waals surface area contributed by atoms with Crippen LogP contribution in [0.25, 0.3) is 6.08 Å². The number of thiophene rings is 1. The van der Waals surface area contributed by atoms with Gasteiger partial charge in [0.1, 0.15) is 0 Å². The zero-order valence-corrected chi connectivity index (χ0v) is 14.6. The molecule has 0 spiro atoms. The molecule has 6 heteroatoms. The summed E-state index contributed by atoms with van der Waals surface area (Å²) in [5.74, 6) is 1.07. The number of nitrogens with one attached hydrogen (secondary N) is 3. The number of hydrogen-bond acceptors (Lipinski definition) is 3. The normalized spacial score (nSPS) is 24.9. The van der Waals surface area contributed by atoms with Gasteiger partial charge in [-0.3, -0.25) is 15.6 Å². The van der Waals surface area contributed by atoms with Gasteiger partial charge in [0, 0.05) is 17.0 Å². The number of hydrogen-bond donors (Lipinski definition) is 3. The van der Waals surface area contributed by atoms with Crippen LogP contribution in [0.2, 0.25) is 0 Å². The average Bonchev–Trinajstić information content (AvgIpc) is 3.01. The third-order valence-corrected chi connectivity index (χ3v) is 5.32. The van der Waals surface area contributed by atoms with Gasteiger partial charge in [-0.25, -0.2) is 0 Å². The molecule has 1 heterocycles. The molecule has 1 aromatic rings. The summed E-state index contributed by atoms with van der Waals surface area (Å²) in [6.07, 6.45) is 6.90. The van der Waals surface area contributed by atoms with Crippen molar-refractivity contribution in [1.29, 1.82) is 0 Å². The van der Waals surface area contributed by atoms with Crippen LogP contribution in [-0.4, -0.2) is 17.1 Å². The summed E-state index contributed by atoms with van der Waals surface area (Å²) >= 11 is 6.84. The van der Waals surface area contributed by atoms with Crippen molar-refractivity contribution in [3.05, 3.63) is 28.5 Å². The maximum atomic E-state index is 11.7. The summed E-state index contributed by atoms with van der Waals surface area (Å²) < 4.78 is 0. The zero-order chi connectivity index (χ0) is 15.9. The van der Waals surface area contributed by atoms with E-state index < -0.39 is 0 Å². The Labute approximate surface area is 141 Å². The van der Waals surface area contributed by atoms with Gasteiger partial charge in [0.05, 0.1) is 0 Å². The number of hydrazine groups is 1. The molecule has 1 amide bonds. The topological polar surface area (TPSA) is 53.2 Å². The van der Waals surface area contributed by atoms with E-state index in [9.17, 15) is 4.79 Å². The summed E-state index contributed by atoms with van der Waals surface area (Å²) in [5, 5.41) is 5.76. The molecule has 0 saturated heterocycles. The molecule has 3 atom stereocenters. The van der Waals surface area contributed by atoms with Crippen molar-refractivity contribution >= 4 is 40.7 Å². The zero-order valence-electron chi connectivity index (χ0n) is 13.0. The second-order valence-corrected chi connectivity index (χ2v) is 7.20. The Morgan fingerprint density at radius 3 is 2.91 bits per heavy atom. The molecule has 0 bridgehead atoms. The molecule has 0 radical (unpaired) electrons. The van der Waals surface area contributed by atoms with E-state index in [2.05, 4.69) is 30.0 Å². The average molecular weight is 338 g/mol. The third kappa shape index (κ3) is 5.10. The lowest BCUT2D eigenvalue weighted by atomic mass is 9.78. The van der Waals surface area contributed by atoms with Crippen LogP contribution in [-0.2, 0) is 4.79 Å². The second-order valence-electron chi connectivity index (χ2n) is 5.81. The molecule has 4 nitrogen and oxygen atoms in total. The van der Waals surface area contributed by atoms with Gasteiger partial charge in [-0.05, 0) is 48.0 Å². The van der Waals surface area contributed by atoms with E-state index in [0.29, 0.717) is 23.0 Å². The van der Waals surface area contributed by atoms with Gasteiger partial charge in [-0.15, -0.1) is 11.3 Å². The van der Waals surface area contributed by atoms with E-state index in [0.717, 1.165) is 11.3 Å². The first-order valence-electron chi connectivity index (χ1n) is 7.64. The van der Waals surface area contributed by atoms with Gasteiger partial charge in [0.15, 0.2) is 5.11 Å². The molecular formula is C16H23N3OS2. The van der Waals surface area contributed by atoms with Crippen molar-refractivity contribution in [2.24, 2.45) is 11.8 Å². The lowest BCUT2D eigenvalue weighted by molar-refractivity contribution is -0.116. The van der Waals surface area contributed by atoms with Gasteiger partial charge in [0.2, 0.25) is 0 Å². The van der Waals surface area contributed by atoms with Crippen LogP contribution in [0.5, 0.6) is 0 Å². The number of thiocarbonyl (C=S) groups is 1. The minimum absolute atomic E-state index is 0.220. The van der Waals surface area contributed by atoms with Crippen LogP contribution >= 0.6 is 23.6 Å². The maximum Gasteiger partial charge on any atom is 0.262 e. The highest BCUT2D eigenvalue weighted by atomic mass is 32.1. The predicted molar refractivity (Wildman–Crippen MR) is 96.3 cm³/mol. The maximum absolute atomic E-state index is 11.7. The van der Waals surface area contributed by atoms with Crippen molar-refractivity contribution in [1.82, 2.24) is 16.2 Å². The van der Waals surface area contributed by atoms with Gasteiger partial charge in [-0.2, -0.15) is 0 Å². The van der Waals surface area contributed by atoms with Gasteiger partial charge < -0.3 is 5.32 Å². The highest BCUT2D eigenvalue weighted by Crippen LogP contribution is 2.29. The van der Waals surface area contributed by atoms with E-state index in [1.165, 1.54) is 18.9 Å². The fourth-order valence-electron chi connectivity index (χ4n) is 2.69. The third-order valence-electron chi connectivity index (χ3n) is 4.26. The Kier molecular flexibility index (Phi) is 6.39. The molecule has 3 N–H and O–H groups in total. The monoisotopic (exact) mass is 337 g/mol. The number of amides is 1. The highest BCUT2D eigenvalue weighted by Gasteiger charge is 2.27. The summed E-state index contributed by atoms with van der Waals surface area (Å²) in [6, 6.07) is 4.29. The second kappa shape index (κ2) is 8.29. The Balaban J connectivity index is 1.72. The molecule has 0 aromatic carbocycles. The van der Waals surface area contributed by atoms with Crippen molar-refractivity contribution in [3.8, 4) is 0 Å². The molecule has 1 saturated carbocycles. The summed E-state index contributed by atoms with van der Waals surface area (Å²) in [4.78, 5) is 12.8. The summed E-state index contributed by atoms with van der Waals surface area (Å²) in [6.45, 7) is 4.54. The molecule has 1 aliphatic carbocycles. The van der Waals surface area contributed by atoms with E-state index in [1.807, 2.05) is 17.5 Å². The van der Waals surface area contributed by atoms with Crippen LogP contribution in [0.1, 0.15) is 38.0 Å². The van der Waals surface area contributed by atoms with Gasteiger partial charge in [0.25, 0.3) is 5.91 Å². The van der Waals surface area contributed by atoms with Crippen LogP contribution in [0.3, 0.4) is 0 Å². The number of carbonyl (C=O) groups is 1. The Morgan fingerprint density at radius 2 is 2.18 bits per heavy atom. The molecule has 1 aromatic heterocycles. The molecular weight excluding hydrogens is 314 g/mol. The number of rotatable bonds is 3. The lowest BCUT2D eigenvalue weighted by Gasteiger charge is -2.35. The lowest BCUT2D eigenvalue weighted by Crippen LogP contribution is -2.52. The smallest absolute Gasteiger partial charge is 0.262 e. The van der Waals surface area contributed by atoms with Crippen molar-refractivity contribution in [2.75, 3.05) is 0 Å². The molecule has 22 heavy (non-hydrogen) atoms. The fraction of sp³-hybridized carbons (Fsp3) is 0.500. The predicted octanol–water partition coefficient (Wildman–Crippen LogP) is 3.08. The first kappa shape index (κ1) is 17.0. The van der Waals surface area contributed by atoms with Crippen LogP contribution in [0.4, 0.5) is 0 Å². The minimum Gasteiger partial charge on any atom is -0.358 e. The molecule has 0 aliphatic heterocycles. The molecule has 120 valence electrons. The first-order valence-corrected chi connectivity index (χ1v) is 8.93. The van der Waals surface area contributed by atoms with E-state index in [4.69, 9.17) is 12.2 Å². The van der Waals surface area contributed by atoms with E-state index >= 15 is 0 Å². The first-order chi connectivity index (χ1) is 10.6. The largest absolute Gasteiger partial charge is 0.358 e. The SMILES string of the molecule is C[C@@H]1[C@@H](C)CCC[C@H]1NC(=S)NNC(=O)/C=C/c1cccs1. The molecule has 1 fully saturated rings. The quantitative estimate of drug-likeness (QED) is 0.451. The van der Waals surface area contributed by atoms with Crippen LogP contribution < -0.4 is 16.2 Å². The standard InChI is InChI=1S/C16H23N3OS2/c1-11-5-3-7-14(12(11)2)17-16(21)19-18-15(20)9-8-13-6-4-10-22-13/h4,6,8-12,14H,3,5,7H2,1-2H3,(H,18,20)(H2,17,19,21)/b9-8+/t11-,12+,14+/m0/s1. The van der Waals surface area contributed by atoms with Crippen LogP contribution in [0.15, 0.2) is 23.6 Å². The van der Waals surface area contributed by atoms with Gasteiger partial charge in [-0.1, -0.05) is 32.8 Å². The Morgan fingerprint density at radius 1 is 1.36 bits per heavy atom. The van der Waals surface area contributed by atoms with E-state index in [1.54, 1.807) is 17.4 Å². The van der Waals surface area contributed by atoms with Crippen LogP contribution in [0, 0.1) is 11.8 Å².